The van der Waals surface area contributed by atoms with Gasteiger partial charge in [0.15, 0.2) is 5.96 Å². The van der Waals surface area contributed by atoms with Crippen molar-refractivity contribution in [3.63, 3.8) is 0 Å². The molecule has 0 heterocycles. The van der Waals surface area contributed by atoms with Gasteiger partial charge in [-0.15, -0.1) is 24.0 Å². The van der Waals surface area contributed by atoms with Crippen LogP contribution in [0.1, 0.15) is 12.5 Å². The first-order valence-corrected chi connectivity index (χ1v) is 8.33. The summed E-state index contributed by atoms with van der Waals surface area (Å²) in [5.41, 5.74) is 1.20. The molecule has 1 amide bonds. The Morgan fingerprint density at radius 3 is 2.42 bits per heavy atom. The monoisotopic (exact) mass is 478 g/mol. The number of amides is 1. The molecule has 0 saturated carbocycles. The van der Waals surface area contributed by atoms with Gasteiger partial charge >= 0.3 is 0 Å². The Labute approximate surface area is 173 Å². The molecule has 1 rings (SSSR count). The molecule has 0 fully saturated rings. The molecule has 1 atom stereocenters. The van der Waals surface area contributed by atoms with E-state index in [0.29, 0.717) is 19.1 Å². The maximum atomic E-state index is 11.7. The number of carbonyl (C=O) groups is 1. The van der Waals surface area contributed by atoms with Crippen LogP contribution in [0, 0.1) is 0 Å². The zero-order valence-electron chi connectivity index (χ0n) is 16.2. The highest BCUT2D eigenvalue weighted by atomic mass is 127. The van der Waals surface area contributed by atoms with Crippen LogP contribution in [-0.4, -0.2) is 70.8 Å². The van der Waals surface area contributed by atoms with Crippen LogP contribution in [0.4, 0.5) is 0 Å². The van der Waals surface area contributed by atoms with E-state index in [0.717, 1.165) is 12.2 Å². The molecule has 1 aromatic carbocycles. The predicted molar refractivity (Wildman–Crippen MR) is 116 cm³/mol. The summed E-state index contributed by atoms with van der Waals surface area (Å²) in [6.45, 7) is 3.36. The fourth-order valence-electron chi connectivity index (χ4n) is 2.08. The maximum absolute atomic E-state index is 11.7. The lowest BCUT2D eigenvalue weighted by atomic mass is 10.1. The number of carbonyl (C=O) groups excluding carboxylic acids is 1. The Morgan fingerprint density at radius 1 is 1.23 bits per heavy atom. The van der Waals surface area contributed by atoms with Crippen molar-refractivity contribution in [1.82, 2.24) is 15.5 Å². The third kappa shape index (κ3) is 9.81. The normalized spacial score (nSPS) is 12.0. The van der Waals surface area contributed by atoms with E-state index >= 15 is 0 Å². The van der Waals surface area contributed by atoms with E-state index in [9.17, 15) is 4.79 Å². The van der Waals surface area contributed by atoms with Gasteiger partial charge in [0.2, 0.25) is 5.91 Å². The van der Waals surface area contributed by atoms with E-state index in [4.69, 9.17) is 9.47 Å². The van der Waals surface area contributed by atoms with Gasteiger partial charge in [0, 0.05) is 33.8 Å². The Kier molecular flexibility index (Phi) is 12.8. The molecule has 0 saturated heterocycles. The Bertz CT molecular complexity index is 550. The first kappa shape index (κ1) is 24.5. The van der Waals surface area contributed by atoms with Crippen LogP contribution in [0.5, 0.6) is 5.75 Å². The number of likely N-dealkylation sites (N-methyl/N-ethyl adjacent to an activating group) is 1. The van der Waals surface area contributed by atoms with Crippen molar-refractivity contribution >= 4 is 35.8 Å². The smallest absolute Gasteiger partial charge is 0.243 e. The topological polar surface area (TPSA) is 75.2 Å². The standard InChI is InChI=1S/C18H30N4O3.HI/c1-14(13-24-4)21-18(20-12-17(23)22(2)3)19-11-10-15-6-8-16(25-5)9-7-15;/h6-9,14H,10-13H2,1-5H3,(H2,19,20,21);1H. The summed E-state index contributed by atoms with van der Waals surface area (Å²) in [5.74, 6) is 1.40. The van der Waals surface area contributed by atoms with Crippen LogP contribution >= 0.6 is 24.0 Å². The molecule has 7 nitrogen and oxygen atoms in total. The highest BCUT2D eigenvalue weighted by molar-refractivity contribution is 14.0. The fourth-order valence-corrected chi connectivity index (χ4v) is 2.08. The van der Waals surface area contributed by atoms with Crippen LogP contribution in [0.2, 0.25) is 0 Å². The number of halogens is 1. The summed E-state index contributed by atoms with van der Waals surface area (Å²) in [4.78, 5) is 17.6. The third-order valence-electron chi connectivity index (χ3n) is 3.54. The van der Waals surface area contributed by atoms with Crippen molar-refractivity contribution in [2.75, 3.05) is 48.0 Å². The molecule has 26 heavy (non-hydrogen) atoms. The number of nitrogens with zero attached hydrogens (tertiary/aromatic N) is 2. The fraction of sp³-hybridized carbons (Fsp3) is 0.556. The van der Waals surface area contributed by atoms with E-state index in [-0.39, 0.29) is 42.5 Å². The number of hydrogen-bond acceptors (Lipinski definition) is 4. The third-order valence-corrected chi connectivity index (χ3v) is 3.54. The minimum Gasteiger partial charge on any atom is -0.497 e. The van der Waals surface area contributed by atoms with Crippen molar-refractivity contribution in [3.8, 4) is 5.75 Å². The zero-order chi connectivity index (χ0) is 18.7. The molecule has 1 unspecified atom stereocenters. The van der Waals surface area contributed by atoms with Crippen molar-refractivity contribution < 1.29 is 14.3 Å². The number of hydrogen-bond donors (Lipinski definition) is 2. The lowest BCUT2D eigenvalue weighted by Crippen LogP contribution is -2.45. The van der Waals surface area contributed by atoms with E-state index in [1.807, 2.05) is 31.2 Å². The average molecular weight is 478 g/mol. The minimum atomic E-state index is -0.0457. The molecule has 0 spiro atoms. The molecule has 8 heteroatoms. The van der Waals surface area contributed by atoms with Gasteiger partial charge in [0.1, 0.15) is 12.3 Å². The van der Waals surface area contributed by atoms with Crippen LogP contribution in [0.15, 0.2) is 29.3 Å². The van der Waals surface area contributed by atoms with Crippen molar-refractivity contribution in [2.45, 2.75) is 19.4 Å². The van der Waals surface area contributed by atoms with E-state index in [2.05, 4.69) is 15.6 Å². The Hall–Kier alpha value is -1.55. The molecule has 0 bridgehead atoms. The van der Waals surface area contributed by atoms with Gasteiger partial charge < -0.3 is 25.0 Å². The van der Waals surface area contributed by atoms with Crippen molar-refractivity contribution in [2.24, 2.45) is 4.99 Å². The second-order valence-electron chi connectivity index (χ2n) is 5.98. The van der Waals surface area contributed by atoms with E-state index in [1.165, 1.54) is 10.5 Å². The van der Waals surface area contributed by atoms with Gasteiger partial charge in [-0.05, 0) is 31.0 Å². The number of ether oxygens (including phenoxy) is 2. The minimum absolute atomic E-state index is 0. The second-order valence-corrected chi connectivity index (χ2v) is 5.98. The SMILES string of the molecule is COCC(C)NC(=NCC(=O)N(C)C)NCCc1ccc(OC)cc1.I. The molecule has 0 aliphatic carbocycles. The molecular weight excluding hydrogens is 447 g/mol. The summed E-state index contributed by atoms with van der Waals surface area (Å²) in [7, 11) is 6.74. The van der Waals surface area contributed by atoms with Gasteiger partial charge in [-0.25, -0.2) is 4.99 Å². The first-order valence-electron chi connectivity index (χ1n) is 8.33. The van der Waals surface area contributed by atoms with Gasteiger partial charge in [0.05, 0.1) is 13.7 Å². The molecular formula is C18H31IN4O3. The number of rotatable bonds is 9. The summed E-state index contributed by atoms with van der Waals surface area (Å²) in [5, 5.41) is 6.50. The van der Waals surface area contributed by atoms with Gasteiger partial charge in [-0.3, -0.25) is 4.79 Å². The maximum Gasteiger partial charge on any atom is 0.243 e. The molecule has 0 aliphatic heterocycles. The summed E-state index contributed by atoms with van der Waals surface area (Å²) in [6.07, 6.45) is 0.838. The summed E-state index contributed by atoms with van der Waals surface area (Å²) < 4.78 is 10.3. The molecule has 0 aromatic heterocycles. The van der Waals surface area contributed by atoms with Crippen molar-refractivity contribution in [1.29, 1.82) is 0 Å². The number of aliphatic imine (C=N–C) groups is 1. The lowest BCUT2D eigenvalue weighted by Gasteiger charge is -2.18. The average Bonchev–Trinajstić information content (AvgIpc) is 2.59. The van der Waals surface area contributed by atoms with Gasteiger partial charge in [-0.2, -0.15) is 0 Å². The number of guanidine groups is 1. The molecule has 0 aliphatic rings. The van der Waals surface area contributed by atoms with Crippen LogP contribution in [0.25, 0.3) is 0 Å². The highest BCUT2D eigenvalue weighted by Crippen LogP contribution is 2.11. The van der Waals surface area contributed by atoms with Crippen molar-refractivity contribution in [3.05, 3.63) is 29.8 Å². The van der Waals surface area contributed by atoms with Crippen LogP contribution < -0.4 is 15.4 Å². The first-order chi connectivity index (χ1) is 12.0. The molecule has 148 valence electrons. The van der Waals surface area contributed by atoms with E-state index < -0.39 is 0 Å². The summed E-state index contributed by atoms with van der Waals surface area (Å²) >= 11 is 0. The Balaban J connectivity index is 0.00000625. The number of benzene rings is 1. The molecule has 1 aromatic rings. The second kappa shape index (κ2) is 13.6. The number of nitrogens with one attached hydrogen (secondary N) is 2. The quantitative estimate of drug-likeness (QED) is 0.320. The summed E-state index contributed by atoms with van der Waals surface area (Å²) in [6, 6.07) is 8.05. The molecule has 0 radical (unpaired) electrons. The highest BCUT2D eigenvalue weighted by Gasteiger charge is 2.08. The lowest BCUT2D eigenvalue weighted by molar-refractivity contribution is -0.127. The van der Waals surface area contributed by atoms with Crippen LogP contribution in [0.3, 0.4) is 0 Å². The van der Waals surface area contributed by atoms with Gasteiger partial charge in [0.25, 0.3) is 0 Å². The zero-order valence-corrected chi connectivity index (χ0v) is 18.6. The number of methoxy groups -OCH3 is 2. The van der Waals surface area contributed by atoms with Gasteiger partial charge in [-0.1, -0.05) is 12.1 Å². The van der Waals surface area contributed by atoms with E-state index in [1.54, 1.807) is 28.3 Å². The largest absolute Gasteiger partial charge is 0.497 e. The predicted octanol–water partition coefficient (Wildman–Crippen LogP) is 1.51. The van der Waals surface area contributed by atoms with Crippen LogP contribution in [-0.2, 0) is 16.0 Å². The molecule has 2 N–H and O–H groups in total. The Morgan fingerprint density at radius 2 is 1.88 bits per heavy atom.